The number of nitrogens with two attached hydrogens (primary N) is 1. The maximum atomic E-state index is 11.6. The van der Waals surface area contributed by atoms with E-state index in [1.807, 2.05) is 18.2 Å². The Bertz CT molecular complexity index is 690. The molecule has 1 amide bonds. The summed E-state index contributed by atoms with van der Waals surface area (Å²) in [5.74, 6) is -0.569. The Balaban J connectivity index is 0.000000924. The number of aliphatic hydroxyl groups is 1. The molecule has 3 N–H and O–H groups in total. The molecule has 1 aliphatic rings. The van der Waals surface area contributed by atoms with Gasteiger partial charge in [0.05, 0.1) is 12.1 Å². The lowest BCUT2D eigenvalue weighted by Crippen LogP contribution is -2.29. The Labute approximate surface area is 134 Å². The van der Waals surface area contributed by atoms with Crippen molar-refractivity contribution in [2.75, 3.05) is 25.1 Å². The van der Waals surface area contributed by atoms with Crippen molar-refractivity contribution in [2.45, 2.75) is 25.8 Å². The van der Waals surface area contributed by atoms with Crippen LogP contribution in [0.25, 0.3) is 10.9 Å². The lowest BCUT2D eigenvalue weighted by atomic mass is 10.1. The summed E-state index contributed by atoms with van der Waals surface area (Å²) in [7, 11) is 1.00. The molecule has 0 bridgehead atoms. The molecule has 7 nitrogen and oxygen atoms in total. The number of benzene rings is 1. The van der Waals surface area contributed by atoms with Crippen molar-refractivity contribution in [2.24, 2.45) is 5.73 Å². The molecule has 124 valence electrons. The fourth-order valence-corrected chi connectivity index (χ4v) is 2.91. The normalized spacial score (nSPS) is 14.3. The van der Waals surface area contributed by atoms with Gasteiger partial charge in [-0.3, -0.25) is 9.48 Å². The molecule has 0 aliphatic carbocycles. The zero-order chi connectivity index (χ0) is 16.8. The van der Waals surface area contributed by atoms with E-state index < -0.39 is 5.91 Å². The van der Waals surface area contributed by atoms with E-state index >= 15 is 0 Å². The topological polar surface area (TPSA) is 101 Å². The van der Waals surface area contributed by atoms with Gasteiger partial charge in [-0.1, -0.05) is 0 Å². The lowest BCUT2D eigenvalue weighted by Gasteiger charge is -2.28. The predicted molar refractivity (Wildman–Crippen MR) is 88.5 cm³/mol. The number of amides is 1. The molecule has 1 saturated heterocycles. The number of anilines is 1. The van der Waals surface area contributed by atoms with Crippen LogP contribution in [0.5, 0.6) is 0 Å². The summed E-state index contributed by atoms with van der Waals surface area (Å²) in [6.07, 6.45) is 4.40. The molecule has 1 aromatic carbocycles. The van der Waals surface area contributed by atoms with E-state index in [1.54, 1.807) is 0 Å². The van der Waals surface area contributed by atoms with Gasteiger partial charge in [0, 0.05) is 31.3 Å². The van der Waals surface area contributed by atoms with Crippen LogP contribution in [0.4, 0.5) is 5.69 Å². The van der Waals surface area contributed by atoms with Crippen molar-refractivity contribution < 1.29 is 14.7 Å². The van der Waals surface area contributed by atoms with Crippen LogP contribution in [0.2, 0.25) is 0 Å². The Morgan fingerprint density at radius 1 is 1.30 bits per heavy atom. The minimum atomic E-state index is -0.569. The van der Waals surface area contributed by atoms with E-state index in [0.717, 1.165) is 37.7 Å². The molecule has 1 aliphatic heterocycles. The molecule has 2 aromatic rings. The Kier molecular flexibility index (Phi) is 5.70. The van der Waals surface area contributed by atoms with E-state index in [-0.39, 0.29) is 12.2 Å². The Hall–Kier alpha value is -2.41. The van der Waals surface area contributed by atoms with Crippen LogP contribution >= 0.6 is 0 Å². The van der Waals surface area contributed by atoms with Gasteiger partial charge in [0.2, 0.25) is 0 Å². The van der Waals surface area contributed by atoms with Crippen molar-refractivity contribution >= 4 is 28.8 Å². The van der Waals surface area contributed by atoms with Gasteiger partial charge in [-0.05, 0) is 37.5 Å². The number of fused-ring (bicyclic) bond motifs is 1. The monoisotopic (exact) mass is 318 g/mol. The SMILES string of the molecule is CO.NC(=O)c1nn(CC=O)c2ccc(N3CCCCC3)cc12. The highest BCUT2D eigenvalue weighted by Crippen LogP contribution is 2.26. The summed E-state index contributed by atoms with van der Waals surface area (Å²) in [5, 5.41) is 11.9. The molecule has 2 heterocycles. The molecule has 1 aromatic heterocycles. The summed E-state index contributed by atoms with van der Waals surface area (Å²) in [6.45, 7) is 2.17. The summed E-state index contributed by atoms with van der Waals surface area (Å²) >= 11 is 0. The van der Waals surface area contributed by atoms with Crippen molar-refractivity contribution in [3.63, 3.8) is 0 Å². The van der Waals surface area contributed by atoms with Crippen LogP contribution in [0.3, 0.4) is 0 Å². The number of aldehydes is 1. The van der Waals surface area contributed by atoms with Gasteiger partial charge in [-0.2, -0.15) is 5.10 Å². The first-order valence-corrected chi connectivity index (χ1v) is 7.64. The number of hydrogen-bond acceptors (Lipinski definition) is 5. The van der Waals surface area contributed by atoms with Gasteiger partial charge in [0.25, 0.3) is 5.91 Å². The minimum absolute atomic E-state index is 0.118. The standard InChI is InChI=1S/C15H18N4O2.CH4O/c16-15(21)14-12-10-11(18-6-2-1-3-7-18)4-5-13(12)19(17-14)8-9-20;1-2/h4-5,9-10H,1-3,6-8H2,(H2,16,21);2H,1H3. The van der Waals surface area contributed by atoms with Crippen LogP contribution in [-0.4, -0.2) is 47.3 Å². The first kappa shape index (κ1) is 17.0. The molecule has 1 fully saturated rings. The first-order chi connectivity index (χ1) is 11.2. The molecular formula is C16H22N4O3. The molecular weight excluding hydrogens is 296 g/mol. The summed E-state index contributed by atoms with van der Waals surface area (Å²) in [6, 6.07) is 5.87. The average molecular weight is 318 g/mol. The van der Waals surface area contributed by atoms with Crippen LogP contribution in [0.1, 0.15) is 29.8 Å². The number of aromatic nitrogens is 2. The second-order valence-electron chi connectivity index (χ2n) is 5.31. The summed E-state index contributed by atoms with van der Waals surface area (Å²) in [5.41, 5.74) is 7.47. The van der Waals surface area contributed by atoms with Crippen molar-refractivity contribution in [1.82, 2.24) is 9.78 Å². The maximum absolute atomic E-state index is 11.6. The number of primary amides is 1. The molecule has 0 unspecified atom stereocenters. The second-order valence-corrected chi connectivity index (χ2v) is 5.31. The third kappa shape index (κ3) is 3.50. The number of carbonyl (C=O) groups is 2. The van der Waals surface area contributed by atoms with E-state index in [9.17, 15) is 9.59 Å². The smallest absolute Gasteiger partial charge is 0.269 e. The molecule has 0 radical (unpaired) electrons. The van der Waals surface area contributed by atoms with Gasteiger partial charge in [0.1, 0.15) is 6.29 Å². The first-order valence-electron chi connectivity index (χ1n) is 7.64. The highest BCUT2D eigenvalue weighted by Gasteiger charge is 2.17. The van der Waals surface area contributed by atoms with Crippen LogP contribution in [0.15, 0.2) is 18.2 Å². The van der Waals surface area contributed by atoms with Crippen molar-refractivity contribution in [3.8, 4) is 0 Å². The highest BCUT2D eigenvalue weighted by atomic mass is 16.2. The lowest BCUT2D eigenvalue weighted by molar-refractivity contribution is -0.108. The van der Waals surface area contributed by atoms with Crippen LogP contribution in [-0.2, 0) is 11.3 Å². The zero-order valence-corrected chi connectivity index (χ0v) is 13.2. The molecule has 0 saturated carbocycles. The van der Waals surface area contributed by atoms with Gasteiger partial charge >= 0.3 is 0 Å². The highest BCUT2D eigenvalue weighted by molar-refractivity contribution is 6.05. The molecule has 7 heteroatoms. The number of aliphatic hydroxyl groups excluding tert-OH is 1. The number of carbonyl (C=O) groups excluding carboxylic acids is 2. The zero-order valence-electron chi connectivity index (χ0n) is 13.2. The number of piperidine rings is 1. The molecule has 3 rings (SSSR count). The average Bonchev–Trinajstić information content (AvgIpc) is 2.96. The molecule has 23 heavy (non-hydrogen) atoms. The Morgan fingerprint density at radius 2 is 2.00 bits per heavy atom. The van der Waals surface area contributed by atoms with E-state index in [1.165, 1.54) is 23.9 Å². The number of nitrogens with zero attached hydrogens (tertiary/aromatic N) is 3. The number of hydrogen-bond donors (Lipinski definition) is 2. The van der Waals surface area contributed by atoms with Gasteiger partial charge in [-0.15, -0.1) is 0 Å². The van der Waals surface area contributed by atoms with Gasteiger partial charge < -0.3 is 20.5 Å². The molecule has 0 spiro atoms. The Morgan fingerprint density at radius 3 is 2.61 bits per heavy atom. The largest absolute Gasteiger partial charge is 0.400 e. The minimum Gasteiger partial charge on any atom is -0.400 e. The van der Waals surface area contributed by atoms with E-state index in [0.29, 0.717) is 5.39 Å². The quantitative estimate of drug-likeness (QED) is 0.817. The molecule has 0 atom stereocenters. The van der Waals surface area contributed by atoms with E-state index in [4.69, 9.17) is 10.8 Å². The fourth-order valence-electron chi connectivity index (χ4n) is 2.91. The second kappa shape index (κ2) is 7.73. The summed E-state index contributed by atoms with van der Waals surface area (Å²) < 4.78 is 1.52. The van der Waals surface area contributed by atoms with Crippen molar-refractivity contribution in [3.05, 3.63) is 23.9 Å². The maximum Gasteiger partial charge on any atom is 0.269 e. The van der Waals surface area contributed by atoms with Crippen LogP contribution in [0, 0.1) is 0 Å². The predicted octanol–water partition coefficient (Wildman–Crippen LogP) is 0.933. The van der Waals surface area contributed by atoms with Gasteiger partial charge in [0.15, 0.2) is 5.69 Å². The third-order valence-electron chi connectivity index (χ3n) is 3.94. The third-order valence-corrected chi connectivity index (χ3v) is 3.94. The van der Waals surface area contributed by atoms with Gasteiger partial charge in [-0.25, -0.2) is 0 Å². The summed E-state index contributed by atoms with van der Waals surface area (Å²) in [4.78, 5) is 24.6. The fraction of sp³-hybridized carbons (Fsp3) is 0.438. The van der Waals surface area contributed by atoms with Crippen LogP contribution < -0.4 is 10.6 Å². The van der Waals surface area contributed by atoms with E-state index in [2.05, 4.69) is 10.00 Å². The van der Waals surface area contributed by atoms with Crippen molar-refractivity contribution in [1.29, 1.82) is 0 Å². The number of rotatable bonds is 4.